The zero-order chi connectivity index (χ0) is 16.7. The van der Waals surface area contributed by atoms with Gasteiger partial charge in [0.05, 0.1) is 17.1 Å². The van der Waals surface area contributed by atoms with Gasteiger partial charge >= 0.3 is 5.97 Å². The minimum absolute atomic E-state index is 0.00920. The number of carbonyl (C=O) groups excluding carboxylic acids is 2. The van der Waals surface area contributed by atoms with Crippen LogP contribution in [0.3, 0.4) is 0 Å². The molecular weight excluding hydrogens is 288 g/mol. The maximum absolute atomic E-state index is 12.0. The number of carbonyl (C=O) groups is 2. The Labute approximate surface area is 128 Å². The molecule has 120 valence electrons. The highest BCUT2D eigenvalue weighted by atomic mass is 16.6. The average Bonchev–Trinajstić information content (AvgIpc) is 2.46. The summed E-state index contributed by atoms with van der Waals surface area (Å²) in [6, 6.07) is 3.55. The van der Waals surface area contributed by atoms with Gasteiger partial charge in [0.2, 0.25) is 0 Å². The first-order valence-corrected chi connectivity index (χ1v) is 7.10. The molecule has 0 saturated carbocycles. The van der Waals surface area contributed by atoms with Crippen LogP contribution in [0.15, 0.2) is 18.2 Å². The van der Waals surface area contributed by atoms with Gasteiger partial charge < -0.3 is 10.1 Å². The number of esters is 1. The van der Waals surface area contributed by atoms with Crippen molar-refractivity contribution in [2.45, 2.75) is 27.2 Å². The van der Waals surface area contributed by atoms with Crippen LogP contribution in [-0.4, -0.2) is 30.0 Å². The highest BCUT2D eigenvalue weighted by Crippen LogP contribution is 2.18. The van der Waals surface area contributed by atoms with Gasteiger partial charge in [0.1, 0.15) is 0 Å². The number of nitrogens with one attached hydrogen (secondary N) is 1. The molecule has 0 bridgehead atoms. The monoisotopic (exact) mass is 308 g/mol. The van der Waals surface area contributed by atoms with E-state index in [0.29, 0.717) is 12.5 Å². The van der Waals surface area contributed by atoms with Crippen LogP contribution in [0.1, 0.15) is 47.9 Å². The number of benzene rings is 1. The quantitative estimate of drug-likeness (QED) is 0.474. The van der Waals surface area contributed by atoms with Gasteiger partial charge in [-0.3, -0.25) is 14.9 Å². The van der Waals surface area contributed by atoms with Crippen molar-refractivity contribution in [2.24, 2.45) is 5.92 Å². The van der Waals surface area contributed by atoms with Crippen LogP contribution in [0.5, 0.6) is 0 Å². The molecule has 1 N–H and O–H groups in total. The molecule has 0 aliphatic carbocycles. The van der Waals surface area contributed by atoms with Crippen LogP contribution in [0, 0.1) is 16.0 Å². The molecule has 22 heavy (non-hydrogen) atoms. The molecule has 0 saturated heterocycles. The van der Waals surface area contributed by atoms with Crippen molar-refractivity contribution in [1.29, 1.82) is 0 Å². The van der Waals surface area contributed by atoms with Crippen molar-refractivity contribution in [1.82, 2.24) is 5.32 Å². The van der Waals surface area contributed by atoms with Crippen LogP contribution >= 0.6 is 0 Å². The Morgan fingerprint density at radius 1 is 1.27 bits per heavy atom. The summed E-state index contributed by atoms with van der Waals surface area (Å²) < 4.78 is 4.82. The van der Waals surface area contributed by atoms with E-state index < -0.39 is 16.8 Å². The van der Waals surface area contributed by atoms with Gasteiger partial charge in [0, 0.05) is 24.2 Å². The molecule has 0 heterocycles. The Balaban J connectivity index is 2.99. The van der Waals surface area contributed by atoms with Gasteiger partial charge in [0.25, 0.3) is 11.6 Å². The zero-order valence-corrected chi connectivity index (χ0v) is 12.9. The van der Waals surface area contributed by atoms with Gasteiger partial charge in [0.15, 0.2) is 0 Å². The van der Waals surface area contributed by atoms with E-state index in [2.05, 4.69) is 5.32 Å². The second-order valence-electron chi connectivity index (χ2n) is 5.18. The van der Waals surface area contributed by atoms with E-state index in [4.69, 9.17) is 4.74 Å². The Hall–Kier alpha value is -2.44. The van der Waals surface area contributed by atoms with Crippen molar-refractivity contribution in [3.8, 4) is 0 Å². The van der Waals surface area contributed by atoms with Gasteiger partial charge in [-0.05, 0) is 25.3 Å². The summed E-state index contributed by atoms with van der Waals surface area (Å²) in [5.74, 6) is -0.710. The van der Waals surface area contributed by atoms with E-state index in [0.717, 1.165) is 18.6 Å². The lowest BCUT2D eigenvalue weighted by Crippen LogP contribution is -2.25. The number of ether oxygens (including phenoxy) is 1. The molecule has 0 atom stereocenters. The fourth-order valence-corrected chi connectivity index (χ4v) is 1.76. The van der Waals surface area contributed by atoms with Gasteiger partial charge in [-0.2, -0.15) is 0 Å². The molecule has 7 nitrogen and oxygen atoms in total. The lowest BCUT2D eigenvalue weighted by molar-refractivity contribution is -0.384. The van der Waals surface area contributed by atoms with Gasteiger partial charge in [-0.1, -0.05) is 13.8 Å². The fourth-order valence-electron chi connectivity index (χ4n) is 1.76. The molecule has 0 aliphatic rings. The van der Waals surface area contributed by atoms with Crippen LogP contribution in [-0.2, 0) is 4.74 Å². The molecule has 0 fully saturated rings. The van der Waals surface area contributed by atoms with Crippen molar-refractivity contribution in [2.75, 3.05) is 13.2 Å². The number of hydrogen-bond acceptors (Lipinski definition) is 5. The molecule has 0 unspecified atom stereocenters. The van der Waals surface area contributed by atoms with Crippen LogP contribution < -0.4 is 5.32 Å². The number of amides is 1. The van der Waals surface area contributed by atoms with Crippen LogP contribution in [0.25, 0.3) is 0 Å². The minimum Gasteiger partial charge on any atom is -0.462 e. The van der Waals surface area contributed by atoms with Gasteiger partial charge in [-0.25, -0.2) is 4.79 Å². The molecule has 0 spiro atoms. The summed E-state index contributed by atoms with van der Waals surface area (Å²) in [7, 11) is 0. The number of nitro groups is 1. The van der Waals surface area contributed by atoms with E-state index in [-0.39, 0.29) is 23.4 Å². The van der Waals surface area contributed by atoms with E-state index in [1.54, 1.807) is 6.92 Å². The predicted octanol–water partition coefficient (Wildman–Crippen LogP) is 2.55. The predicted molar refractivity (Wildman–Crippen MR) is 80.8 cm³/mol. The van der Waals surface area contributed by atoms with E-state index >= 15 is 0 Å². The Morgan fingerprint density at radius 3 is 2.45 bits per heavy atom. The highest BCUT2D eigenvalue weighted by molar-refractivity contribution is 5.98. The van der Waals surface area contributed by atoms with Gasteiger partial charge in [-0.15, -0.1) is 0 Å². The highest BCUT2D eigenvalue weighted by Gasteiger charge is 2.18. The van der Waals surface area contributed by atoms with Crippen molar-refractivity contribution < 1.29 is 19.2 Å². The third kappa shape index (κ3) is 5.16. The first-order chi connectivity index (χ1) is 10.3. The van der Waals surface area contributed by atoms with E-state index in [1.165, 1.54) is 6.07 Å². The third-order valence-electron chi connectivity index (χ3n) is 2.91. The average molecular weight is 308 g/mol. The van der Waals surface area contributed by atoms with Crippen molar-refractivity contribution in [3.63, 3.8) is 0 Å². The Bertz CT molecular complexity index is 569. The number of hydrogen-bond donors (Lipinski definition) is 1. The second-order valence-corrected chi connectivity index (χ2v) is 5.18. The molecule has 1 amide bonds. The SMILES string of the molecule is CCOC(=O)c1cc(C(=O)NCCC(C)C)cc([N+](=O)[O-])c1. The van der Waals surface area contributed by atoms with E-state index in [9.17, 15) is 19.7 Å². The molecule has 7 heteroatoms. The summed E-state index contributed by atoms with van der Waals surface area (Å²) >= 11 is 0. The largest absolute Gasteiger partial charge is 0.462 e. The Morgan fingerprint density at radius 2 is 1.91 bits per heavy atom. The maximum Gasteiger partial charge on any atom is 0.338 e. The molecular formula is C15H20N2O5. The second kappa shape index (κ2) is 8.11. The Kier molecular flexibility index (Phi) is 6.49. The summed E-state index contributed by atoms with van der Waals surface area (Å²) in [5.41, 5.74) is -0.259. The number of non-ortho nitro benzene ring substituents is 1. The fraction of sp³-hybridized carbons (Fsp3) is 0.467. The maximum atomic E-state index is 12.0. The van der Waals surface area contributed by atoms with Crippen LogP contribution in [0.4, 0.5) is 5.69 Å². The smallest absolute Gasteiger partial charge is 0.338 e. The topological polar surface area (TPSA) is 98.5 Å². The lowest BCUT2D eigenvalue weighted by atomic mass is 10.1. The normalized spacial score (nSPS) is 10.4. The number of nitro benzene ring substituents is 1. The van der Waals surface area contributed by atoms with E-state index in [1.807, 2.05) is 13.8 Å². The summed E-state index contributed by atoms with van der Waals surface area (Å²) in [4.78, 5) is 34.1. The number of rotatable bonds is 7. The molecule has 0 aliphatic heterocycles. The molecule has 1 aromatic carbocycles. The third-order valence-corrected chi connectivity index (χ3v) is 2.91. The first-order valence-electron chi connectivity index (χ1n) is 7.10. The first kappa shape index (κ1) is 17.6. The molecule has 1 rings (SSSR count). The summed E-state index contributed by atoms with van der Waals surface area (Å²) in [6.45, 7) is 6.30. The molecule has 0 radical (unpaired) electrons. The minimum atomic E-state index is -0.692. The number of nitrogens with zero attached hydrogens (tertiary/aromatic N) is 1. The molecule has 0 aromatic heterocycles. The van der Waals surface area contributed by atoms with Crippen molar-refractivity contribution >= 4 is 17.6 Å². The zero-order valence-electron chi connectivity index (χ0n) is 12.9. The standard InChI is InChI=1S/C15H20N2O5/c1-4-22-15(19)12-7-11(8-13(9-12)17(20)21)14(18)16-6-5-10(2)3/h7-10H,4-6H2,1-3H3,(H,16,18). The van der Waals surface area contributed by atoms with Crippen LogP contribution in [0.2, 0.25) is 0 Å². The molecule has 1 aromatic rings. The summed E-state index contributed by atoms with van der Waals surface area (Å²) in [5, 5.41) is 13.6. The summed E-state index contributed by atoms with van der Waals surface area (Å²) in [6.07, 6.45) is 0.797. The lowest BCUT2D eigenvalue weighted by Gasteiger charge is -2.08. The van der Waals surface area contributed by atoms with Crippen molar-refractivity contribution in [3.05, 3.63) is 39.4 Å².